The summed E-state index contributed by atoms with van der Waals surface area (Å²) in [5, 5.41) is 0.313. The van der Waals surface area contributed by atoms with Crippen molar-refractivity contribution in [3.05, 3.63) is 35.4 Å². The zero-order valence-electron chi connectivity index (χ0n) is 6.07. The Labute approximate surface area is 73.6 Å². The van der Waals surface area contributed by atoms with Gasteiger partial charge in [0.25, 0.3) is 0 Å². The maximum Gasteiger partial charge on any atom is 0.207 e. The molecule has 12 heavy (non-hydrogen) atoms. The Hall–Kier alpha value is -1.35. The van der Waals surface area contributed by atoms with Crippen LogP contribution in [0.25, 0.3) is 5.52 Å². The lowest BCUT2D eigenvalue weighted by atomic mass is 10.3. The molecule has 0 atom stereocenters. The normalized spacial score (nSPS) is 10.4. The van der Waals surface area contributed by atoms with Gasteiger partial charge >= 0.3 is 0 Å². The van der Waals surface area contributed by atoms with Gasteiger partial charge in [0, 0.05) is 0 Å². The summed E-state index contributed by atoms with van der Waals surface area (Å²) in [6, 6.07) is 5.32. The summed E-state index contributed by atoms with van der Waals surface area (Å²) in [6.07, 6.45) is 2.37. The number of hydrogen-bond donors (Lipinski definition) is 0. The quantitative estimate of drug-likeness (QED) is 0.628. The van der Waals surface area contributed by atoms with Crippen LogP contribution in [0.4, 0.5) is 0 Å². The van der Waals surface area contributed by atoms with Crippen molar-refractivity contribution in [1.82, 2.24) is 9.38 Å². The molecule has 0 N–H and O–H groups in total. The number of pyridine rings is 1. The second-order valence-electron chi connectivity index (χ2n) is 2.36. The zero-order valence-corrected chi connectivity index (χ0v) is 6.82. The molecule has 0 saturated carbocycles. The van der Waals surface area contributed by atoms with Crippen molar-refractivity contribution in [2.24, 2.45) is 0 Å². The number of halogens is 1. The van der Waals surface area contributed by atoms with Gasteiger partial charge in [0.15, 0.2) is 6.29 Å². The molecular weight excluding hydrogens is 176 g/mol. The van der Waals surface area contributed by atoms with Crippen LogP contribution in [0.3, 0.4) is 0 Å². The molecule has 0 bridgehead atoms. The average molecular weight is 181 g/mol. The fraction of sp³-hybridized carbons (Fsp3) is 0. The maximum absolute atomic E-state index is 10.6. The third-order valence-corrected chi connectivity index (χ3v) is 1.93. The Morgan fingerprint density at radius 2 is 2.33 bits per heavy atom. The number of fused-ring (bicyclic) bond motifs is 1. The summed E-state index contributed by atoms with van der Waals surface area (Å²) in [6.45, 7) is 0. The lowest BCUT2D eigenvalue weighted by molar-refractivity contribution is 0.111. The number of hydrogen-bond acceptors (Lipinski definition) is 2. The van der Waals surface area contributed by atoms with E-state index in [4.69, 9.17) is 11.6 Å². The molecule has 2 aromatic heterocycles. The molecule has 0 aromatic carbocycles. The summed E-state index contributed by atoms with van der Waals surface area (Å²) in [5.41, 5.74) is 1.33. The molecular formula is C8H5ClN2O. The summed E-state index contributed by atoms with van der Waals surface area (Å²) < 4.78 is 1.59. The van der Waals surface area contributed by atoms with Crippen LogP contribution in [-0.4, -0.2) is 15.7 Å². The van der Waals surface area contributed by atoms with Crippen molar-refractivity contribution in [2.45, 2.75) is 0 Å². The monoisotopic (exact) mass is 180 g/mol. The van der Waals surface area contributed by atoms with Gasteiger partial charge in [-0.15, -0.1) is 0 Å². The summed E-state index contributed by atoms with van der Waals surface area (Å²) >= 11 is 5.75. The van der Waals surface area contributed by atoms with Crippen LogP contribution in [0.1, 0.15) is 10.5 Å². The van der Waals surface area contributed by atoms with Gasteiger partial charge in [-0.2, -0.15) is 0 Å². The second kappa shape index (κ2) is 2.60. The van der Waals surface area contributed by atoms with E-state index in [-0.39, 0.29) is 0 Å². The minimum absolute atomic E-state index is 0.313. The molecule has 0 fully saturated rings. The smallest absolute Gasteiger partial charge is 0.207 e. The van der Waals surface area contributed by atoms with Crippen LogP contribution in [0.2, 0.25) is 5.28 Å². The maximum atomic E-state index is 10.6. The molecule has 2 heterocycles. The Morgan fingerprint density at radius 1 is 1.50 bits per heavy atom. The van der Waals surface area contributed by atoms with E-state index in [2.05, 4.69) is 4.98 Å². The van der Waals surface area contributed by atoms with E-state index in [1.807, 2.05) is 6.07 Å². The average Bonchev–Trinajstić information content (AvgIpc) is 2.48. The minimum Gasteiger partial charge on any atom is -0.296 e. The van der Waals surface area contributed by atoms with Crippen LogP contribution < -0.4 is 0 Å². The fourth-order valence-electron chi connectivity index (χ4n) is 1.13. The first-order valence-corrected chi connectivity index (χ1v) is 3.78. The van der Waals surface area contributed by atoms with Gasteiger partial charge in [-0.05, 0) is 23.7 Å². The summed E-state index contributed by atoms with van der Waals surface area (Å²) in [4.78, 5) is 14.4. The highest BCUT2D eigenvalue weighted by atomic mass is 35.5. The first-order valence-electron chi connectivity index (χ1n) is 3.40. The predicted octanol–water partition coefficient (Wildman–Crippen LogP) is 1.80. The second-order valence-corrected chi connectivity index (χ2v) is 2.69. The summed E-state index contributed by atoms with van der Waals surface area (Å²) in [5.74, 6) is 0. The number of rotatable bonds is 1. The highest BCUT2D eigenvalue weighted by Gasteiger charge is 2.03. The van der Waals surface area contributed by atoms with Gasteiger partial charge in [0.05, 0.1) is 17.4 Å². The molecule has 0 radical (unpaired) electrons. The molecule has 3 nitrogen and oxygen atoms in total. The SMILES string of the molecule is O=Cc1cccc2cnc(Cl)n12. The zero-order chi connectivity index (χ0) is 8.55. The molecule has 0 aliphatic heterocycles. The number of imidazole rings is 1. The van der Waals surface area contributed by atoms with Gasteiger partial charge in [-0.25, -0.2) is 4.98 Å². The summed E-state index contributed by atoms with van der Waals surface area (Å²) in [7, 11) is 0. The van der Waals surface area contributed by atoms with Crippen LogP contribution in [0.15, 0.2) is 24.4 Å². The van der Waals surface area contributed by atoms with E-state index < -0.39 is 0 Å². The molecule has 60 valence electrons. The minimum atomic E-state index is 0.313. The Morgan fingerprint density at radius 3 is 3.08 bits per heavy atom. The van der Waals surface area contributed by atoms with Crippen LogP contribution in [0.5, 0.6) is 0 Å². The van der Waals surface area contributed by atoms with Crippen molar-refractivity contribution in [1.29, 1.82) is 0 Å². The third kappa shape index (κ3) is 0.905. The van der Waals surface area contributed by atoms with Crippen LogP contribution >= 0.6 is 11.6 Å². The molecule has 2 rings (SSSR count). The van der Waals surface area contributed by atoms with E-state index in [1.165, 1.54) is 0 Å². The van der Waals surface area contributed by atoms with Gasteiger partial charge in [-0.1, -0.05) is 6.07 Å². The van der Waals surface area contributed by atoms with Gasteiger partial charge < -0.3 is 0 Å². The van der Waals surface area contributed by atoms with Gasteiger partial charge in [0.2, 0.25) is 5.28 Å². The molecule has 0 saturated heterocycles. The van der Waals surface area contributed by atoms with E-state index in [9.17, 15) is 4.79 Å². The van der Waals surface area contributed by atoms with Crippen molar-refractivity contribution < 1.29 is 4.79 Å². The van der Waals surface area contributed by atoms with E-state index in [0.717, 1.165) is 11.8 Å². The Bertz CT molecular complexity index is 436. The molecule has 0 aliphatic rings. The molecule has 0 aliphatic carbocycles. The molecule has 2 aromatic rings. The largest absolute Gasteiger partial charge is 0.296 e. The fourth-order valence-corrected chi connectivity index (χ4v) is 1.37. The Kier molecular flexibility index (Phi) is 1.59. The van der Waals surface area contributed by atoms with Crippen molar-refractivity contribution in [3.8, 4) is 0 Å². The van der Waals surface area contributed by atoms with Crippen molar-refractivity contribution in [3.63, 3.8) is 0 Å². The third-order valence-electron chi connectivity index (χ3n) is 1.66. The van der Waals surface area contributed by atoms with Gasteiger partial charge in [0.1, 0.15) is 0 Å². The van der Waals surface area contributed by atoms with Crippen molar-refractivity contribution >= 4 is 23.4 Å². The van der Waals surface area contributed by atoms with Crippen LogP contribution in [0, 0.1) is 0 Å². The highest BCUT2D eigenvalue weighted by molar-refractivity contribution is 6.28. The standard InChI is InChI=1S/C8H5ClN2O/c9-8-10-4-6-2-1-3-7(5-12)11(6)8/h1-5H. The number of carbonyl (C=O) groups is 1. The van der Waals surface area contributed by atoms with E-state index in [1.54, 1.807) is 22.7 Å². The number of nitrogens with zero attached hydrogens (tertiary/aromatic N) is 2. The molecule has 4 heteroatoms. The van der Waals surface area contributed by atoms with Crippen LogP contribution in [-0.2, 0) is 0 Å². The topological polar surface area (TPSA) is 34.4 Å². The first kappa shape index (κ1) is 7.31. The number of aldehydes is 1. The predicted molar refractivity (Wildman–Crippen MR) is 45.6 cm³/mol. The van der Waals surface area contributed by atoms with E-state index >= 15 is 0 Å². The number of aromatic nitrogens is 2. The van der Waals surface area contributed by atoms with Crippen molar-refractivity contribution in [2.75, 3.05) is 0 Å². The lowest BCUT2D eigenvalue weighted by Gasteiger charge is -1.97. The highest BCUT2D eigenvalue weighted by Crippen LogP contribution is 2.13. The molecule has 0 amide bonds. The first-order chi connectivity index (χ1) is 5.83. The molecule has 0 unspecified atom stereocenters. The lowest BCUT2D eigenvalue weighted by Crippen LogP contribution is -1.93. The number of carbonyl (C=O) groups excluding carboxylic acids is 1. The Balaban J connectivity index is 2.93. The molecule has 0 spiro atoms. The van der Waals surface area contributed by atoms with E-state index in [0.29, 0.717) is 11.0 Å². The van der Waals surface area contributed by atoms with Gasteiger partial charge in [-0.3, -0.25) is 9.20 Å².